The van der Waals surface area contributed by atoms with Crippen LogP contribution in [0.2, 0.25) is 0 Å². The average Bonchev–Trinajstić information content (AvgIpc) is 3.14. The minimum atomic E-state index is -0.434. The van der Waals surface area contributed by atoms with Crippen LogP contribution in [0.5, 0.6) is 0 Å². The van der Waals surface area contributed by atoms with Crippen molar-refractivity contribution in [3.63, 3.8) is 0 Å². The van der Waals surface area contributed by atoms with E-state index in [9.17, 15) is 14.9 Å². The van der Waals surface area contributed by atoms with E-state index in [0.717, 1.165) is 18.5 Å². The van der Waals surface area contributed by atoms with Gasteiger partial charge in [-0.25, -0.2) is 4.79 Å². The largest absolute Gasteiger partial charge is 0.334 e. The van der Waals surface area contributed by atoms with Crippen LogP contribution in [0.3, 0.4) is 0 Å². The van der Waals surface area contributed by atoms with Crippen LogP contribution in [-0.4, -0.2) is 39.1 Å². The van der Waals surface area contributed by atoms with Crippen molar-refractivity contribution in [3.05, 3.63) is 57.9 Å². The van der Waals surface area contributed by atoms with Gasteiger partial charge in [-0.3, -0.25) is 15.2 Å². The zero-order valence-corrected chi connectivity index (χ0v) is 13.1. The Bertz CT molecular complexity index is 716. The summed E-state index contributed by atoms with van der Waals surface area (Å²) in [5.74, 6) is 0.248. The number of aromatic amines is 1. The Labute approximate surface area is 139 Å². The highest BCUT2D eigenvalue weighted by atomic mass is 16.6. The monoisotopic (exact) mass is 329 g/mol. The molecule has 126 valence electrons. The number of rotatable bonds is 4. The van der Waals surface area contributed by atoms with Crippen molar-refractivity contribution in [2.75, 3.05) is 13.1 Å². The predicted molar refractivity (Wildman–Crippen MR) is 87.5 cm³/mol. The first-order valence-electron chi connectivity index (χ1n) is 7.89. The first-order chi connectivity index (χ1) is 11.6. The Morgan fingerprint density at radius 3 is 3.00 bits per heavy atom. The van der Waals surface area contributed by atoms with Gasteiger partial charge in [0, 0.05) is 42.5 Å². The molecular formula is C16H19N5O3. The summed E-state index contributed by atoms with van der Waals surface area (Å²) in [4.78, 5) is 24.7. The van der Waals surface area contributed by atoms with Crippen LogP contribution in [0, 0.1) is 10.1 Å². The van der Waals surface area contributed by atoms with E-state index in [1.54, 1.807) is 29.3 Å². The van der Waals surface area contributed by atoms with E-state index in [4.69, 9.17) is 0 Å². The van der Waals surface area contributed by atoms with Crippen LogP contribution in [0.4, 0.5) is 10.5 Å². The summed E-state index contributed by atoms with van der Waals surface area (Å²) in [6.07, 6.45) is 3.64. The number of benzene rings is 1. The van der Waals surface area contributed by atoms with Crippen LogP contribution in [0.15, 0.2) is 36.5 Å². The third-order valence-electron chi connectivity index (χ3n) is 4.29. The number of nitrogens with one attached hydrogen (secondary N) is 2. The first-order valence-corrected chi connectivity index (χ1v) is 7.89. The van der Waals surface area contributed by atoms with Gasteiger partial charge >= 0.3 is 6.03 Å². The third-order valence-corrected chi connectivity index (χ3v) is 4.29. The molecule has 0 aliphatic carbocycles. The van der Waals surface area contributed by atoms with Crippen molar-refractivity contribution in [2.45, 2.75) is 25.3 Å². The molecule has 8 heteroatoms. The molecule has 0 radical (unpaired) electrons. The van der Waals surface area contributed by atoms with Crippen LogP contribution in [0.1, 0.15) is 30.0 Å². The topological polar surface area (TPSA) is 104 Å². The second-order valence-corrected chi connectivity index (χ2v) is 5.84. The fraction of sp³-hybridized carbons (Fsp3) is 0.375. The summed E-state index contributed by atoms with van der Waals surface area (Å²) < 4.78 is 0. The number of amides is 2. The number of aromatic nitrogens is 2. The molecule has 2 amide bonds. The molecule has 0 spiro atoms. The van der Waals surface area contributed by atoms with Crippen LogP contribution in [0.25, 0.3) is 0 Å². The zero-order valence-electron chi connectivity index (χ0n) is 13.1. The van der Waals surface area contributed by atoms with Crippen molar-refractivity contribution in [1.82, 2.24) is 20.4 Å². The molecule has 24 heavy (non-hydrogen) atoms. The van der Waals surface area contributed by atoms with Crippen LogP contribution in [-0.2, 0) is 6.54 Å². The van der Waals surface area contributed by atoms with Crippen molar-refractivity contribution < 1.29 is 9.72 Å². The molecule has 3 rings (SSSR count). The van der Waals surface area contributed by atoms with Gasteiger partial charge in [0.05, 0.1) is 11.5 Å². The number of carbonyl (C=O) groups is 1. The number of nitro benzene ring substituents is 1. The predicted octanol–water partition coefficient (Wildman–Crippen LogP) is 2.41. The Balaban J connectivity index is 1.60. The van der Waals surface area contributed by atoms with E-state index in [1.165, 1.54) is 6.07 Å². The standard InChI is InChI=1S/C16H19N5O3/c22-16(17-10-12-4-1-2-6-15(12)21(23)24)20-9-3-5-13(11-20)14-7-8-18-19-14/h1-2,4,6-8,13H,3,5,9-11H2,(H,17,22)(H,18,19)/t13-/m1/s1. The van der Waals surface area contributed by atoms with E-state index >= 15 is 0 Å². The summed E-state index contributed by atoms with van der Waals surface area (Å²) in [5.41, 5.74) is 1.55. The van der Waals surface area contributed by atoms with Gasteiger partial charge in [-0.1, -0.05) is 18.2 Å². The van der Waals surface area contributed by atoms with Gasteiger partial charge in [-0.05, 0) is 18.9 Å². The number of hydrogen-bond donors (Lipinski definition) is 2. The molecule has 2 N–H and O–H groups in total. The maximum Gasteiger partial charge on any atom is 0.317 e. The van der Waals surface area contributed by atoms with E-state index < -0.39 is 4.92 Å². The second kappa shape index (κ2) is 7.12. The molecule has 2 heterocycles. The van der Waals surface area contributed by atoms with Gasteiger partial charge in [0.1, 0.15) is 0 Å². The fourth-order valence-corrected chi connectivity index (χ4v) is 3.03. The highest BCUT2D eigenvalue weighted by molar-refractivity contribution is 5.74. The molecular weight excluding hydrogens is 310 g/mol. The molecule has 0 bridgehead atoms. The van der Waals surface area contributed by atoms with Gasteiger partial charge in [0.2, 0.25) is 0 Å². The Morgan fingerprint density at radius 2 is 2.25 bits per heavy atom. The number of hydrogen-bond acceptors (Lipinski definition) is 4. The summed E-state index contributed by atoms with van der Waals surface area (Å²) in [7, 11) is 0. The lowest BCUT2D eigenvalue weighted by molar-refractivity contribution is -0.385. The zero-order chi connectivity index (χ0) is 16.9. The summed E-state index contributed by atoms with van der Waals surface area (Å²) in [6, 6.07) is 8.17. The Hall–Kier alpha value is -2.90. The quantitative estimate of drug-likeness (QED) is 0.664. The number of likely N-dealkylation sites (tertiary alicyclic amines) is 1. The number of nitro groups is 1. The molecule has 1 aliphatic rings. The van der Waals surface area contributed by atoms with E-state index in [0.29, 0.717) is 18.7 Å². The number of para-hydroxylation sites is 1. The first kappa shape index (κ1) is 16.0. The van der Waals surface area contributed by atoms with E-state index in [1.807, 2.05) is 6.07 Å². The van der Waals surface area contributed by atoms with Gasteiger partial charge in [0.15, 0.2) is 0 Å². The molecule has 1 atom stereocenters. The Morgan fingerprint density at radius 1 is 1.42 bits per heavy atom. The van der Waals surface area contributed by atoms with Crippen LogP contribution < -0.4 is 5.32 Å². The number of nitrogens with zero attached hydrogens (tertiary/aromatic N) is 3. The van der Waals surface area contributed by atoms with Crippen molar-refractivity contribution >= 4 is 11.7 Å². The molecule has 2 aromatic rings. The molecule has 1 aromatic heterocycles. The van der Waals surface area contributed by atoms with E-state index in [2.05, 4.69) is 15.5 Å². The molecule has 8 nitrogen and oxygen atoms in total. The lowest BCUT2D eigenvalue weighted by Crippen LogP contribution is -2.44. The minimum absolute atomic E-state index is 0.0202. The molecule has 1 saturated heterocycles. The smallest absolute Gasteiger partial charge is 0.317 e. The van der Waals surface area contributed by atoms with Crippen molar-refractivity contribution in [2.24, 2.45) is 0 Å². The molecule has 1 aromatic carbocycles. The minimum Gasteiger partial charge on any atom is -0.334 e. The maximum absolute atomic E-state index is 12.4. The molecule has 0 unspecified atom stereocenters. The van der Waals surface area contributed by atoms with Crippen LogP contribution >= 0.6 is 0 Å². The lowest BCUT2D eigenvalue weighted by Gasteiger charge is -2.32. The summed E-state index contributed by atoms with van der Waals surface area (Å²) in [5, 5.41) is 20.7. The van der Waals surface area contributed by atoms with Gasteiger partial charge < -0.3 is 10.2 Å². The normalized spacial score (nSPS) is 17.5. The van der Waals surface area contributed by atoms with Gasteiger partial charge in [-0.15, -0.1) is 0 Å². The Kier molecular flexibility index (Phi) is 4.74. The second-order valence-electron chi connectivity index (χ2n) is 5.84. The van der Waals surface area contributed by atoms with Gasteiger partial charge in [-0.2, -0.15) is 5.10 Å². The maximum atomic E-state index is 12.4. The number of H-pyrrole nitrogens is 1. The van der Waals surface area contributed by atoms with Crippen molar-refractivity contribution in [1.29, 1.82) is 0 Å². The van der Waals surface area contributed by atoms with E-state index in [-0.39, 0.29) is 24.2 Å². The summed E-state index contributed by atoms with van der Waals surface area (Å²) >= 11 is 0. The van der Waals surface area contributed by atoms with Crippen molar-refractivity contribution in [3.8, 4) is 0 Å². The molecule has 1 fully saturated rings. The number of carbonyl (C=O) groups excluding carboxylic acids is 1. The number of piperidine rings is 1. The fourth-order valence-electron chi connectivity index (χ4n) is 3.03. The summed E-state index contributed by atoms with van der Waals surface area (Å²) in [6.45, 7) is 1.44. The SMILES string of the molecule is O=C(NCc1ccccc1[N+](=O)[O-])N1CCC[C@@H](c2ccn[nH]2)C1. The molecule has 1 aliphatic heterocycles. The van der Waals surface area contributed by atoms with Gasteiger partial charge in [0.25, 0.3) is 5.69 Å². The lowest BCUT2D eigenvalue weighted by atomic mass is 9.95. The average molecular weight is 329 g/mol. The number of urea groups is 1. The highest BCUT2D eigenvalue weighted by Gasteiger charge is 2.25. The molecule has 0 saturated carbocycles. The third kappa shape index (κ3) is 3.53. The highest BCUT2D eigenvalue weighted by Crippen LogP contribution is 2.25.